The Kier molecular flexibility index (Phi) is 2.49. The van der Waals surface area contributed by atoms with E-state index in [0.717, 1.165) is 11.3 Å². The molecule has 0 saturated carbocycles. The molecule has 15 heavy (non-hydrogen) atoms. The van der Waals surface area contributed by atoms with Crippen LogP contribution in [0.2, 0.25) is 0 Å². The first kappa shape index (κ1) is 9.83. The number of rotatable bonds is 2. The third-order valence-corrected chi connectivity index (χ3v) is 2.21. The minimum Gasteiger partial charge on any atom is -0.458 e. The van der Waals surface area contributed by atoms with Crippen molar-refractivity contribution in [3.8, 4) is 11.5 Å². The highest BCUT2D eigenvalue weighted by atomic mass is 16.7. The number of carbonyl (C=O) groups excluding carboxylic acids is 1. The summed E-state index contributed by atoms with van der Waals surface area (Å²) in [5, 5.41) is 0. The lowest BCUT2D eigenvalue weighted by molar-refractivity contribution is -0.145. The molecule has 80 valence electrons. The normalized spacial score (nSPS) is 14.8. The number of fused-ring (bicyclic) bond motifs is 2. The zero-order valence-electron chi connectivity index (χ0n) is 8.65. The smallest absolute Gasteiger partial charge is 0.303 e. The minimum absolute atomic E-state index is 0.210. The Bertz CT molecular complexity index is 386. The van der Waals surface area contributed by atoms with Gasteiger partial charge in [-0.25, -0.2) is 0 Å². The first-order valence-corrected chi connectivity index (χ1v) is 4.73. The van der Waals surface area contributed by atoms with Crippen LogP contribution >= 0.6 is 0 Å². The second-order valence-electron chi connectivity index (χ2n) is 3.36. The number of benzene rings is 1. The average Bonchev–Trinajstić information content (AvgIpc) is 2.17. The maximum atomic E-state index is 10.8. The van der Waals surface area contributed by atoms with E-state index in [2.05, 4.69) is 0 Å². The summed E-state index contributed by atoms with van der Waals surface area (Å²) in [6, 6.07) is 5.47. The first-order chi connectivity index (χ1) is 7.16. The van der Waals surface area contributed by atoms with Crippen molar-refractivity contribution in [3.05, 3.63) is 23.8 Å². The standard InChI is InChI=1S/C11H12O4/c1-7(15-8(2)12)10-4-3-9-5-11(10)14-6-13-9/h3-5,7H,6H2,1-2H3. The Morgan fingerprint density at radius 1 is 1.47 bits per heavy atom. The fourth-order valence-electron chi connectivity index (χ4n) is 1.54. The van der Waals surface area contributed by atoms with Gasteiger partial charge in [-0.05, 0) is 19.1 Å². The molecule has 1 aromatic rings. The lowest BCUT2D eigenvalue weighted by Gasteiger charge is -2.21. The van der Waals surface area contributed by atoms with E-state index >= 15 is 0 Å². The third kappa shape index (κ3) is 2.03. The van der Waals surface area contributed by atoms with Crippen molar-refractivity contribution in [2.75, 3.05) is 6.79 Å². The molecule has 0 saturated heterocycles. The van der Waals surface area contributed by atoms with Crippen LogP contribution in [0.3, 0.4) is 0 Å². The van der Waals surface area contributed by atoms with Gasteiger partial charge in [-0.15, -0.1) is 0 Å². The molecule has 0 radical (unpaired) electrons. The maximum absolute atomic E-state index is 10.8. The van der Waals surface area contributed by atoms with Crippen molar-refractivity contribution in [3.63, 3.8) is 0 Å². The SMILES string of the molecule is CC(=O)OC(C)c1ccc2cc1OCO2. The molecule has 0 aliphatic carbocycles. The lowest BCUT2D eigenvalue weighted by Crippen LogP contribution is -2.14. The second kappa shape index (κ2) is 3.81. The van der Waals surface area contributed by atoms with Crippen molar-refractivity contribution in [1.82, 2.24) is 0 Å². The van der Waals surface area contributed by atoms with Gasteiger partial charge in [0.2, 0.25) is 6.79 Å². The van der Waals surface area contributed by atoms with Crippen molar-refractivity contribution < 1.29 is 19.0 Å². The van der Waals surface area contributed by atoms with Crippen LogP contribution < -0.4 is 9.47 Å². The van der Waals surface area contributed by atoms with Crippen molar-refractivity contribution in [2.24, 2.45) is 0 Å². The van der Waals surface area contributed by atoms with Gasteiger partial charge in [-0.3, -0.25) is 4.79 Å². The molecule has 1 aromatic carbocycles. The molecule has 0 aromatic heterocycles. The summed E-state index contributed by atoms with van der Waals surface area (Å²) in [6.45, 7) is 3.41. The van der Waals surface area contributed by atoms with E-state index in [1.54, 1.807) is 6.07 Å². The summed E-state index contributed by atoms with van der Waals surface area (Å²) in [5.41, 5.74) is 0.859. The predicted octanol–water partition coefficient (Wildman–Crippen LogP) is 2.04. The molecule has 1 aliphatic heterocycles. The van der Waals surface area contributed by atoms with Crippen LogP contribution in [0, 0.1) is 0 Å². The Morgan fingerprint density at radius 2 is 2.27 bits per heavy atom. The van der Waals surface area contributed by atoms with E-state index in [0.29, 0.717) is 5.75 Å². The van der Waals surface area contributed by atoms with Crippen LogP contribution in [0.25, 0.3) is 0 Å². The topological polar surface area (TPSA) is 44.8 Å². The summed E-state index contributed by atoms with van der Waals surface area (Å²) in [4.78, 5) is 10.8. The Labute approximate surface area is 87.8 Å². The van der Waals surface area contributed by atoms with Crippen LogP contribution in [0.15, 0.2) is 18.2 Å². The van der Waals surface area contributed by atoms with Crippen molar-refractivity contribution in [2.45, 2.75) is 20.0 Å². The highest BCUT2D eigenvalue weighted by Crippen LogP contribution is 2.33. The van der Waals surface area contributed by atoms with Gasteiger partial charge in [-0.2, -0.15) is 0 Å². The third-order valence-electron chi connectivity index (χ3n) is 2.21. The van der Waals surface area contributed by atoms with Gasteiger partial charge in [0.25, 0.3) is 0 Å². The van der Waals surface area contributed by atoms with Crippen LogP contribution in [-0.4, -0.2) is 12.8 Å². The van der Waals surface area contributed by atoms with Crippen LogP contribution in [0.4, 0.5) is 0 Å². The van der Waals surface area contributed by atoms with Gasteiger partial charge in [-0.1, -0.05) is 0 Å². The van der Waals surface area contributed by atoms with E-state index in [9.17, 15) is 4.79 Å². The number of esters is 1. The van der Waals surface area contributed by atoms with E-state index in [1.165, 1.54) is 6.92 Å². The molecular formula is C11H12O4. The quantitative estimate of drug-likeness (QED) is 0.697. The second-order valence-corrected chi connectivity index (χ2v) is 3.36. The highest BCUT2D eigenvalue weighted by molar-refractivity contribution is 5.66. The van der Waals surface area contributed by atoms with Crippen LogP contribution in [0.1, 0.15) is 25.5 Å². The Hall–Kier alpha value is -1.71. The van der Waals surface area contributed by atoms with Crippen molar-refractivity contribution in [1.29, 1.82) is 0 Å². The molecule has 2 rings (SSSR count). The molecule has 1 heterocycles. The minimum atomic E-state index is -0.301. The van der Waals surface area contributed by atoms with Gasteiger partial charge in [0.05, 0.1) is 0 Å². The molecule has 0 spiro atoms. The van der Waals surface area contributed by atoms with E-state index in [1.807, 2.05) is 19.1 Å². The maximum Gasteiger partial charge on any atom is 0.303 e. The highest BCUT2D eigenvalue weighted by Gasteiger charge is 2.17. The predicted molar refractivity (Wildman–Crippen MR) is 52.7 cm³/mol. The van der Waals surface area contributed by atoms with Crippen molar-refractivity contribution >= 4 is 5.97 Å². The Balaban J connectivity index is 2.25. The molecule has 1 aliphatic rings. The fraction of sp³-hybridized carbons (Fsp3) is 0.364. The zero-order chi connectivity index (χ0) is 10.8. The first-order valence-electron chi connectivity index (χ1n) is 4.73. The van der Waals surface area contributed by atoms with Gasteiger partial charge in [0, 0.05) is 18.6 Å². The number of carbonyl (C=O) groups is 1. The lowest BCUT2D eigenvalue weighted by atomic mass is 10.1. The summed E-state index contributed by atoms with van der Waals surface area (Å²) in [7, 11) is 0. The van der Waals surface area contributed by atoms with E-state index in [-0.39, 0.29) is 18.9 Å². The summed E-state index contributed by atoms with van der Waals surface area (Å²) < 4.78 is 15.6. The van der Waals surface area contributed by atoms with Crippen LogP contribution in [-0.2, 0) is 9.53 Å². The van der Waals surface area contributed by atoms with Gasteiger partial charge in [0.1, 0.15) is 17.6 Å². The summed E-state index contributed by atoms with van der Waals surface area (Å²) >= 11 is 0. The molecule has 4 heteroatoms. The fourth-order valence-corrected chi connectivity index (χ4v) is 1.54. The molecule has 1 unspecified atom stereocenters. The molecule has 0 N–H and O–H groups in total. The molecule has 2 bridgehead atoms. The molecule has 0 fully saturated rings. The van der Waals surface area contributed by atoms with E-state index in [4.69, 9.17) is 14.2 Å². The van der Waals surface area contributed by atoms with Gasteiger partial charge < -0.3 is 14.2 Å². The van der Waals surface area contributed by atoms with Crippen LogP contribution in [0.5, 0.6) is 11.5 Å². The largest absolute Gasteiger partial charge is 0.458 e. The Morgan fingerprint density at radius 3 is 3.00 bits per heavy atom. The summed E-state index contributed by atoms with van der Waals surface area (Å²) in [5.74, 6) is 1.19. The zero-order valence-corrected chi connectivity index (χ0v) is 8.65. The summed E-state index contributed by atoms with van der Waals surface area (Å²) in [6.07, 6.45) is -0.301. The number of ether oxygens (including phenoxy) is 3. The average molecular weight is 208 g/mol. The van der Waals surface area contributed by atoms with E-state index < -0.39 is 0 Å². The molecule has 0 amide bonds. The molecule has 4 nitrogen and oxygen atoms in total. The number of hydrogen-bond donors (Lipinski definition) is 0. The van der Waals surface area contributed by atoms with Gasteiger partial charge >= 0.3 is 5.97 Å². The number of hydrogen-bond acceptors (Lipinski definition) is 4. The van der Waals surface area contributed by atoms with Gasteiger partial charge in [0.15, 0.2) is 0 Å². The monoisotopic (exact) mass is 208 g/mol. The molecular weight excluding hydrogens is 196 g/mol. The molecule has 1 atom stereocenters.